The Morgan fingerprint density at radius 3 is 2.68 bits per heavy atom. The van der Waals surface area contributed by atoms with Crippen molar-refractivity contribution in [1.82, 2.24) is 14.5 Å². The van der Waals surface area contributed by atoms with Gasteiger partial charge in [0.1, 0.15) is 29.4 Å². The first-order chi connectivity index (χ1) is 13.6. The second kappa shape index (κ2) is 7.60. The standard InChI is InChI=1S/C22H22N4O2/c1-15-18(25-22-11-20-19(12-23-22)24-14-26(20)2)5-4-6-21(15)28-13-16-7-9-17(27-3)10-8-16/h4-12,14H,13H2,1-3H3,(H,23,25). The lowest BCUT2D eigenvalue weighted by Crippen LogP contribution is -2.01. The van der Waals surface area contributed by atoms with Gasteiger partial charge in [0.05, 0.1) is 25.2 Å². The molecule has 0 atom stereocenters. The SMILES string of the molecule is COc1ccc(COc2cccc(Nc3cc4c(cn3)ncn4C)c2C)cc1. The number of benzene rings is 2. The second-order valence-corrected chi connectivity index (χ2v) is 6.60. The largest absolute Gasteiger partial charge is 0.497 e. The van der Waals surface area contributed by atoms with E-state index in [4.69, 9.17) is 9.47 Å². The summed E-state index contributed by atoms with van der Waals surface area (Å²) in [6.45, 7) is 2.53. The first-order valence-electron chi connectivity index (χ1n) is 9.03. The molecule has 4 aromatic rings. The zero-order valence-corrected chi connectivity index (χ0v) is 16.1. The Morgan fingerprint density at radius 2 is 1.89 bits per heavy atom. The zero-order valence-electron chi connectivity index (χ0n) is 16.1. The highest BCUT2D eigenvalue weighted by Gasteiger charge is 2.08. The fourth-order valence-corrected chi connectivity index (χ4v) is 3.03. The Balaban J connectivity index is 1.51. The molecule has 0 aliphatic carbocycles. The van der Waals surface area contributed by atoms with Crippen molar-refractivity contribution in [3.8, 4) is 11.5 Å². The van der Waals surface area contributed by atoms with Crippen LogP contribution >= 0.6 is 0 Å². The minimum absolute atomic E-state index is 0.494. The van der Waals surface area contributed by atoms with Crippen molar-refractivity contribution in [2.45, 2.75) is 13.5 Å². The van der Waals surface area contributed by atoms with Gasteiger partial charge in [-0.2, -0.15) is 0 Å². The molecular weight excluding hydrogens is 352 g/mol. The molecule has 2 aromatic heterocycles. The number of imidazole rings is 1. The lowest BCUT2D eigenvalue weighted by Gasteiger charge is -2.14. The van der Waals surface area contributed by atoms with Crippen LogP contribution in [0.3, 0.4) is 0 Å². The van der Waals surface area contributed by atoms with Crippen molar-refractivity contribution in [2.24, 2.45) is 7.05 Å². The van der Waals surface area contributed by atoms with Crippen LogP contribution in [0.25, 0.3) is 11.0 Å². The van der Waals surface area contributed by atoms with Gasteiger partial charge in [0.15, 0.2) is 0 Å². The third-order valence-electron chi connectivity index (χ3n) is 4.71. The molecule has 0 fully saturated rings. The molecule has 0 spiro atoms. The highest BCUT2D eigenvalue weighted by molar-refractivity contribution is 5.78. The first kappa shape index (κ1) is 17.9. The maximum Gasteiger partial charge on any atom is 0.132 e. The molecule has 0 unspecified atom stereocenters. The van der Waals surface area contributed by atoms with Gasteiger partial charge < -0.3 is 19.4 Å². The molecule has 0 radical (unpaired) electrons. The number of fused-ring (bicyclic) bond motifs is 1. The molecule has 28 heavy (non-hydrogen) atoms. The average Bonchev–Trinajstić information content (AvgIpc) is 3.09. The number of nitrogens with zero attached hydrogens (tertiary/aromatic N) is 3. The molecule has 0 saturated carbocycles. The van der Waals surface area contributed by atoms with Gasteiger partial charge in [-0.3, -0.25) is 0 Å². The van der Waals surface area contributed by atoms with Gasteiger partial charge >= 0.3 is 0 Å². The Kier molecular flexibility index (Phi) is 4.85. The van der Waals surface area contributed by atoms with Crippen LogP contribution in [0.5, 0.6) is 11.5 Å². The zero-order chi connectivity index (χ0) is 19.5. The molecule has 0 amide bonds. The number of aromatic nitrogens is 3. The van der Waals surface area contributed by atoms with Crippen molar-refractivity contribution < 1.29 is 9.47 Å². The number of aryl methyl sites for hydroxylation is 1. The topological polar surface area (TPSA) is 61.2 Å². The molecule has 2 aromatic carbocycles. The maximum atomic E-state index is 6.04. The fourth-order valence-electron chi connectivity index (χ4n) is 3.03. The van der Waals surface area contributed by atoms with Crippen LogP contribution in [0, 0.1) is 6.92 Å². The predicted molar refractivity (Wildman–Crippen MR) is 110 cm³/mol. The lowest BCUT2D eigenvalue weighted by atomic mass is 10.1. The van der Waals surface area contributed by atoms with E-state index in [1.54, 1.807) is 19.6 Å². The summed E-state index contributed by atoms with van der Waals surface area (Å²) in [7, 11) is 3.63. The van der Waals surface area contributed by atoms with Crippen molar-refractivity contribution in [2.75, 3.05) is 12.4 Å². The third-order valence-corrected chi connectivity index (χ3v) is 4.71. The summed E-state index contributed by atoms with van der Waals surface area (Å²) in [5.74, 6) is 2.44. The van der Waals surface area contributed by atoms with Gasteiger partial charge in [-0.1, -0.05) is 18.2 Å². The van der Waals surface area contributed by atoms with Crippen LogP contribution in [-0.4, -0.2) is 21.6 Å². The van der Waals surface area contributed by atoms with Crippen LogP contribution in [0.4, 0.5) is 11.5 Å². The quantitative estimate of drug-likeness (QED) is 0.534. The molecule has 1 N–H and O–H groups in total. The Labute approximate surface area is 163 Å². The number of hydrogen-bond donors (Lipinski definition) is 1. The highest BCUT2D eigenvalue weighted by atomic mass is 16.5. The number of nitrogens with one attached hydrogen (secondary N) is 1. The average molecular weight is 374 g/mol. The van der Waals surface area contributed by atoms with Gasteiger partial charge in [-0.15, -0.1) is 0 Å². The van der Waals surface area contributed by atoms with Gasteiger partial charge in [0.25, 0.3) is 0 Å². The molecule has 0 bridgehead atoms. The fraction of sp³-hybridized carbons (Fsp3) is 0.182. The first-order valence-corrected chi connectivity index (χ1v) is 9.03. The highest BCUT2D eigenvalue weighted by Crippen LogP contribution is 2.29. The van der Waals surface area contributed by atoms with Crippen LogP contribution in [0.2, 0.25) is 0 Å². The van der Waals surface area contributed by atoms with Gasteiger partial charge in [-0.05, 0) is 36.8 Å². The summed E-state index contributed by atoms with van der Waals surface area (Å²) in [4.78, 5) is 8.76. The summed E-state index contributed by atoms with van der Waals surface area (Å²) >= 11 is 0. The van der Waals surface area contributed by atoms with Crippen LogP contribution in [0.15, 0.2) is 61.1 Å². The van der Waals surface area contributed by atoms with Gasteiger partial charge in [0, 0.05) is 24.4 Å². The van der Waals surface area contributed by atoms with E-state index in [2.05, 4.69) is 15.3 Å². The van der Waals surface area contributed by atoms with Crippen LogP contribution in [0.1, 0.15) is 11.1 Å². The Hall–Kier alpha value is -3.54. The van der Waals surface area contributed by atoms with Crippen LogP contribution < -0.4 is 14.8 Å². The minimum atomic E-state index is 0.494. The van der Waals surface area contributed by atoms with E-state index in [1.807, 2.05) is 67.1 Å². The van der Waals surface area contributed by atoms with Crippen molar-refractivity contribution in [3.05, 3.63) is 72.2 Å². The predicted octanol–water partition coefficient (Wildman–Crippen LogP) is 4.61. The minimum Gasteiger partial charge on any atom is -0.497 e. The molecule has 0 aliphatic heterocycles. The van der Waals surface area contributed by atoms with E-state index in [9.17, 15) is 0 Å². The van der Waals surface area contributed by atoms with Gasteiger partial charge in [-0.25, -0.2) is 9.97 Å². The van der Waals surface area contributed by atoms with Gasteiger partial charge in [0.2, 0.25) is 0 Å². The van der Waals surface area contributed by atoms with E-state index in [0.717, 1.165) is 45.2 Å². The number of hydrogen-bond acceptors (Lipinski definition) is 5. The normalized spacial score (nSPS) is 10.8. The van der Waals surface area contributed by atoms with E-state index >= 15 is 0 Å². The summed E-state index contributed by atoms with van der Waals surface area (Å²) in [5, 5.41) is 3.39. The van der Waals surface area contributed by atoms with E-state index < -0.39 is 0 Å². The van der Waals surface area contributed by atoms with Crippen molar-refractivity contribution in [1.29, 1.82) is 0 Å². The molecule has 0 saturated heterocycles. The van der Waals surface area contributed by atoms with E-state index in [1.165, 1.54) is 0 Å². The molecule has 4 rings (SSSR count). The monoisotopic (exact) mass is 374 g/mol. The number of ether oxygens (including phenoxy) is 2. The third kappa shape index (κ3) is 3.62. The lowest BCUT2D eigenvalue weighted by molar-refractivity contribution is 0.304. The number of methoxy groups -OCH3 is 1. The van der Waals surface area contributed by atoms with Crippen molar-refractivity contribution >= 4 is 22.5 Å². The van der Waals surface area contributed by atoms with Crippen molar-refractivity contribution in [3.63, 3.8) is 0 Å². The van der Waals surface area contributed by atoms with E-state index in [-0.39, 0.29) is 0 Å². The summed E-state index contributed by atoms with van der Waals surface area (Å²) < 4.78 is 13.2. The molecule has 142 valence electrons. The number of pyridine rings is 1. The smallest absolute Gasteiger partial charge is 0.132 e. The summed E-state index contributed by atoms with van der Waals surface area (Å²) in [6.07, 6.45) is 3.56. The molecule has 0 aliphatic rings. The van der Waals surface area contributed by atoms with Crippen LogP contribution in [-0.2, 0) is 13.7 Å². The molecule has 6 nitrogen and oxygen atoms in total. The number of rotatable bonds is 6. The maximum absolute atomic E-state index is 6.04. The summed E-state index contributed by atoms with van der Waals surface area (Å²) in [6, 6.07) is 15.8. The second-order valence-electron chi connectivity index (χ2n) is 6.60. The Morgan fingerprint density at radius 1 is 1.07 bits per heavy atom. The summed E-state index contributed by atoms with van der Waals surface area (Å²) in [5.41, 5.74) is 4.98. The Bertz CT molecular complexity index is 1100. The number of anilines is 2. The van der Waals surface area contributed by atoms with E-state index in [0.29, 0.717) is 6.61 Å². The molecule has 6 heteroatoms. The molecule has 2 heterocycles. The molecular formula is C22H22N4O2.